The van der Waals surface area contributed by atoms with Crippen LogP contribution >= 0.6 is 24.0 Å². The van der Waals surface area contributed by atoms with Crippen LogP contribution in [0.2, 0.25) is 5.15 Å². The number of likely N-dealkylation sites (tertiary alicyclic amines) is 1. The van der Waals surface area contributed by atoms with Crippen molar-refractivity contribution < 1.29 is 4.79 Å². The molecule has 0 atom stereocenters. The highest BCUT2D eigenvalue weighted by Gasteiger charge is 2.19. The van der Waals surface area contributed by atoms with Crippen molar-refractivity contribution in [1.29, 1.82) is 0 Å². The third kappa shape index (κ3) is 5.03. The van der Waals surface area contributed by atoms with E-state index in [0.717, 1.165) is 55.0 Å². The predicted molar refractivity (Wildman–Crippen MR) is 112 cm³/mol. The molecule has 0 saturated carbocycles. The molecule has 0 aliphatic carbocycles. The van der Waals surface area contributed by atoms with E-state index in [4.69, 9.17) is 11.6 Å². The Bertz CT molecular complexity index is 804. The van der Waals surface area contributed by atoms with Crippen molar-refractivity contribution in [3.05, 3.63) is 45.7 Å². The van der Waals surface area contributed by atoms with Gasteiger partial charge in [-0.05, 0) is 57.4 Å². The van der Waals surface area contributed by atoms with E-state index in [1.54, 1.807) is 0 Å². The highest BCUT2D eigenvalue weighted by atomic mass is 35.5. The number of benzene rings is 1. The number of carbonyl (C=O) groups is 1. The Morgan fingerprint density at radius 2 is 2.04 bits per heavy atom. The van der Waals surface area contributed by atoms with Crippen LogP contribution in [0.5, 0.6) is 0 Å². The first-order valence-electron chi connectivity index (χ1n) is 9.27. The van der Waals surface area contributed by atoms with E-state index in [2.05, 4.69) is 42.5 Å². The summed E-state index contributed by atoms with van der Waals surface area (Å²) in [7, 11) is 0. The molecule has 0 unspecified atom stereocenters. The quantitative estimate of drug-likeness (QED) is 0.702. The van der Waals surface area contributed by atoms with Crippen LogP contribution in [0.15, 0.2) is 18.2 Å². The molecule has 0 bridgehead atoms. The first kappa shape index (κ1) is 21.7. The van der Waals surface area contributed by atoms with Crippen LogP contribution in [0.25, 0.3) is 5.69 Å². The normalized spacial score (nSPS) is 13.9. The molecule has 1 fully saturated rings. The molecular formula is C20H28Cl2N4O. The second-order valence-corrected chi connectivity index (χ2v) is 7.43. The highest BCUT2D eigenvalue weighted by molar-refractivity contribution is 6.30. The van der Waals surface area contributed by atoms with Gasteiger partial charge >= 0.3 is 0 Å². The summed E-state index contributed by atoms with van der Waals surface area (Å²) < 4.78 is 1.83. The van der Waals surface area contributed by atoms with Crippen molar-refractivity contribution in [1.82, 2.24) is 20.0 Å². The topological polar surface area (TPSA) is 50.2 Å². The van der Waals surface area contributed by atoms with Crippen LogP contribution in [-0.4, -0.2) is 40.2 Å². The highest BCUT2D eigenvalue weighted by Crippen LogP contribution is 2.25. The van der Waals surface area contributed by atoms with E-state index >= 15 is 0 Å². The zero-order valence-corrected chi connectivity index (χ0v) is 17.8. The number of aryl methyl sites for hydroxylation is 3. The number of amides is 1. The number of hydrogen-bond donors (Lipinski definition) is 1. The average molecular weight is 411 g/mol. The second-order valence-electron chi connectivity index (χ2n) is 7.07. The van der Waals surface area contributed by atoms with Crippen LogP contribution in [0.4, 0.5) is 0 Å². The maximum absolute atomic E-state index is 11.6. The van der Waals surface area contributed by atoms with Gasteiger partial charge in [-0.1, -0.05) is 23.7 Å². The molecule has 1 amide bonds. The minimum Gasteiger partial charge on any atom is -0.343 e. The monoisotopic (exact) mass is 410 g/mol. The summed E-state index contributed by atoms with van der Waals surface area (Å²) in [6, 6.07) is 6.30. The van der Waals surface area contributed by atoms with Crippen LogP contribution in [-0.2, 0) is 11.3 Å². The number of halogens is 2. The zero-order valence-electron chi connectivity index (χ0n) is 16.2. The van der Waals surface area contributed by atoms with Gasteiger partial charge in [-0.2, -0.15) is 5.10 Å². The summed E-state index contributed by atoms with van der Waals surface area (Å²) in [5, 5.41) is 8.75. The number of aromatic nitrogens is 2. The van der Waals surface area contributed by atoms with Gasteiger partial charge < -0.3 is 10.2 Å². The molecular weight excluding hydrogens is 383 g/mol. The zero-order chi connectivity index (χ0) is 18.7. The van der Waals surface area contributed by atoms with Crippen molar-refractivity contribution in [3.63, 3.8) is 0 Å². The number of nitrogens with zero attached hydrogens (tertiary/aromatic N) is 3. The van der Waals surface area contributed by atoms with Gasteiger partial charge in [0.2, 0.25) is 5.91 Å². The van der Waals surface area contributed by atoms with E-state index in [1.807, 2.05) is 16.5 Å². The molecule has 1 aliphatic heterocycles. The molecule has 148 valence electrons. The Labute approximate surface area is 172 Å². The molecule has 1 aliphatic rings. The van der Waals surface area contributed by atoms with E-state index in [0.29, 0.717) is 24.0 Å². The smallest absolute Gasteiger partial charge is 0.222 e. The molecule has 0 spiro atoms. The van der Waals surface area contributed by atoms with Crippen LogP contribution in [0.3, 0.4) is 0 Å². The fourth-order valence-electron chi connectivity index (χ4n) is 3.39. The summed E-state index contributed by atoms with van der Waals surface area (Å²) in [5.41, 5.74) is 5.33. The molecule has 2 heterocycles. The minimum absolute atomic E-state index is 0. The number of nitrogens with one attached hydrogen (secondary N) is 1. The van der Waals surface area contributed by atoms with Gasteiger partial charge in [-0.3, -0.25) is 4.79 Å². The first-order chi connectivity index (χ1) is 12.5. The Balaban J connectivity index is 0.00000261. The largest absolute Gasteiger partial charge is 0.343 e. The van der Waals surface area contributed by atoms with Crippen LogP contribution in [0.1, 0.15) is 41.6 Å². The Morgan fingerprint density at radius 3 is 2.74 bits per heavy atom. The minimum atomic E-state index is 0. The summed E-state index contributed by atoms with van der Waals surface area (Å²) in [4.78, 5) is 13.6. The molecule has 2 aromatic rings. The molecule has 1 saturated heterocycles. The molecule has 0 radical (unpaired) electrons. The Morgan fingerprint density at radius 1 is 1.26 bits per heavy atom. The number of hydrogen-bond acceptors (Lipinski definition) is 3. The van der Waals surface area contributed by atoms with Gasteiger partial charge in [-0.15, -0.1) is 12.4 Å². The van der Waals surface area contributed by atoms with Crippen LogP contribution < -0.4 is 5.32 Å². The molecule has 3 rings (SSSR count). The molecule has 27 heavy (non-hydrogen) atoms. The van der Waals surface area contributed by atoms with Gasteiger partial charge in [-0.25, -0.2) is 4.68 Å². The van der Waals surface area contributed by atoms with Crippen molar-refractivity contribution in [2.24, 2.45) is 0 Å². The first-order valence-corrected chi connectivity index (χ1v) is 9.65. The molecule has 1 aromatic carbocycles. The molecule has 7 heteroatoms. The van der Waals surface area contributed by atoms with E-state index < -0.39 is 0 Å². The third-order valence-electron chi connectivity index (χ3n) is 4.97. The maximum Gasteiger partial charge on any atom is 0.222 e. The lowest BCUT2D eigenvalue weighted by Gasteiger charge is -2.15. The summed E-state index contributed by atoms with van der Waals surface area (Å²) in [5.74, 6) is 0.290. The number of rotatable bonds is 7. The molecule has 1 N–H and O–H groups in total. The number of carbonyl (C=O) groups excluding carboxylic acids is 1. The second kappa shape index (κ2) is 9.58. The van der Waals surface area contributed by atoms with Gasteiger partial charge in [0.05, 0.1) is 11.4 Å². The SMILES string of the molecule is Cc1ccc(C)c(-n2nc(C)c(CNCCCN3CCCC3=O)c2Cl)c1.Cl. The third-order valence-corrected chi connectivity index (χ3v) is 5.36. The van der Waals surface area contributed by atoms with Crippen molar-refractivity contribution in [2.75, 3.05) is 19.6 Å². The lowest BCUT2D eigenvalue weighted by molar-refractivity contribution is -0.127. The average Bonchev–Trinajstić information content (AvgIpc) is 3.14. The standard InChI is InChI=1S/C20H27ClN4O.ClH/c1-14-7-8-15(2)18(12-14)25-20(21)17(16(3)23-25)13-22-9-5-11-24-10-4-6-19(24)26;/h7-8,12,22H,4-6,9-11,13H2,1-3H3;1H. The Hall–Kier alpha value is -1.56. The lowest BCUT2D eigenvalue weighted by atomic mass is 10.1. The fraction of sp³-hybridized carbons (Fsp3) is 0.500. The van der Waals surface area contributed by atoms with E-state index in [9.17, 15) is 4.79 Å². The van der Waals surface area contributed by atoms with E-state index in [-0.39, 0.29) is 12.4 Å². The van der Waals surface area contributed by atoms with Crippen LogP contribution in [0, 0.1) is 20.8 Å². The molecule has 1 aromatic heterocycles. The maximum atomic E-state index is 11.6. The van der Waals surface area contributed by atoms with Crippen molar-refractivity contribution in [3.8, 4) is 5.69 Å². The van der Waals surface area contributed by atoms with Gasteiger partial charge in [0, 0.05) is 31.6 Å². The predicted octanol–water partition coefficient (Wildman–Crippen LogP) is 3.97. The lowest BCUT2D eigenvalue weighted by Crippen LogP contribution is -2.28. The van der Waals surface area contributed by atoms with Crippen molar-refractivity contribution >= 4 is 29.9 Å². The summed E-state index contributed by atoms with van der Waals surface area (Å²) in [6.07, 6.45) is 2.66. The Kier molecular flexibility index (Phi) is 7.71. The molecule has 5 nitrogen and oxygen atoms in total. The van der Waals surface area contributed by atoms with E-state index in [1.165, 1.54) is 5.56 Å². The van der Waals surface area contributed by atoms with Gasteiger partial charge in [0.1, 0.15) is 5.15 Å². The van der Waals surface area contributed by atoms with Gasteiger partial charge in [0.25, 0.3) is 0 Å². The fourth-order valence-corrected chi connectivity index (χ4v) is 3.72. The summed E-state index contributed by atoms with van der Waals surface area (Å²) in [6.45, 7) is 9.41. The summed E-state index contributed by atoms with van der Waals surface area (Å²) >= 11 is 6.63. The van der Waals surface area contributed by atoms with Crippen molar-refractivity contribution in [2.45, 2.75) is 46.6 Å². The van der Waals surface area contributed by atoms with Gasteiger partial charge in [0.15, 0.2) is 0 Å².